The number of rotatable bonds is 2. The van der Waals surface area contributed by atoms with Crippen LogP contribution in [0.25, 0.3) is 11.0 Å². The van der Waals surface area contributed by atoms with Crippen LogP contribution in [0.2, 0.25) is 0 Å². The lowest BCUT2D eigenvalue weighted by molar-refractivity contribution is -0.121. The van der Waals surface area contributed by atoms with Gasteiger partial charge in [-0.15, -0.1) is 0 Å². The van der Waals surface area contributed by atoms with Crippen LogP contribution in [0.5, 0.6) is 0 Å². The van der Waals surface area contributed by atoms with Crippen molar-refractivity contribution < 1.29 is 4.79 Å². The number of hydrazine groups is 1. The number of nitrogens with zero attached hydrogens (tertiary/aromatic N) is 2. The summed E-state index contributed by atoms with van der Waals surface area (Å²) >= 11 is 0. The number of pyridine rings is 1. The van der Waals surface area contributed by atoms with Gasteiger partial charge in [-0.2, -0.15) is 0 Å². The van der Waals surface area contributed by atoms with Gasteiger partial charge in [0, 0.05) is 36.8 Å². The third-order valence-corrected chi connectivity index (χ3v) is 3.62. The fourth-order valence-corrected chi connectivity index (χ4v) is 2.47. The lowest BCUT2D eigenvalue weighted by Gasteiger charge is -2.27. The predicted octanol–water partition coefficient (Wildman–Crippen LogP) is 1.09. The number of hydrogen-bond donors (Lipinski definition) is 3. The first kappa shape index (κ1) is 12.1. The fourth-order valence-electron chi connectivity index (χ4n) is 2.47. The van der Waals surface area contributed by atoms with E-state index in [1.54, 1.807) is 11.2 Å². The molecule has 1 saturated heterocycles. The smallest absolute Gasteiger partial charge is 0.227 e. The molecule has 3 heterocycles. The Hall–Kier alpha value is -1.92. The lowest BCUT2D eigenvalue weighted by Crippen LogP contribution is -2.41. The first-order valence-corrected chi connectivity index (χ1v) is 6.46. The minimum absolute atomic E-state index is 0.0435. The number of fused-ring (bicyclic) bond motifs is 1. The molecule has 1 aliphatic heterocycles. The minimum atomic E-state index is 0.0435. The minimum Gasteiger partial charge on any atom is -0.346 e. The van der Waals surface area contributed by atoms with E-state index in [2.05, 4.69) is 15.3 Å². The van der Waals surface area contributed by atoms with Crippen molar-refractivity contribution in [1.29, 1.82) is 0 Å². The molecule has 6 heteroatoms. The third kappa shape index (κ3) is 2.45. The number of H-pyrrole nitrogens is 1. The maximum Gasteiger partial charge on any atom is 0.227 e. The van der Waals surface area contributed by atoms with Gasteiger partial charge in [0.25, 0.3) is 0 Å². The van der Waals surface area contributed by atoms with E-state index < -0.39 is 0 Å². The normalized spacial score (nSPS) is 17.7. The van der Waals surface area contributed by atoms with Crippen LogP contribution in [-0.2, 0) is 4.79 Å². The topological polar surface area (TPSA) is 87.0 Å². The summed E-state index contributed by atoms with van der Waals surface area (Å²) in [5.74, 6) is 5.81. The highest BCUT2D eigenvalue weighted by molar-refractivity contribution is 6.00. The van der Waals surface area contributed by atoms with Crippen LogP contribution >= 0.6 is 0 Å². The van der Waals surface area contributed by atoms with E-state index in [1.165, 1.54) is 0 Å². The molecular formula is C13H17N5O. The van der Waals surface area contributed by atoms with Crippen molar-refractivity contribution in [3.05, 3.63) is 24.5 Å². The SMILES string of the molecule is NN1CCC(C(=O)Nc2ccnc3[nH]ccc23)CC1. The van der Waals surface area contributed by atoms with Crippen LogP contribution in [0.3, 0.4) is 0 Å². The van der Waals surface area contributed by atoms with Crippen molar-refractivity contribution >= 4 is 22.6 Å². The van der Waals surface area contributed by atoms with Gasteiger partial charge in [-0.1, -0.05) is 0 Å². The highest BCUT2D eigenvalue weighted by Crippen LogP contribution is 2.23. The highest BCUT2D eigenvalue weighted by atomic mass is 16.1. The van der Waals surface area contributed by atoms with Crippen molar-refractivity contribution in [2.45, 2.75) is 12.8 Å². The number of nitrogens with two attached hydrogens (primary N) is 1. The van der Waals surface area contributed by atoms with E-state index in [9.17, 15) is 4.79 Å². The number of piperidine rings is 1. The van der Waals surface area contributed by atoms with Crippen molar-refractivity contribution in [3.8, 4) is 0 Å². The zero-order valence-electron chi connectivity index (χ0n) is 10.6. The molecule has 0 bridgehead atoms. The summed E-state index contributed by atoms with van der Waals surface area (Å²) in [6.07, 6.45) is 5.13. The molecule has 6 nitrogen and oxygen atoms in total. The number of aromatic nitrogens is 2. The van der Waals surface area contributed by atoms with Gasteiger partial charge in [-0.05, 0) is 25.0 Å². The molecule has 0 unspecified atom stereocenters. The number of hydrogen-bond acceptors (Lipinski definition) is 4. The predicted molar refractivity (Wildman–Crippen MR) is 73.2 cm³/mol. The molecule has 100 valence electrons. The van der Waals surface area contributed by atoms with E-state index in [4.69, 9.17) is 5.84 Å². The number of amides is 1. The van der Waals surface area contributed by atoms with Gasteiger partial charge in [0.1, 0.15) is 5.65 Å². The molecule has 1 amide bonds. The van der Waals surface area contributed by atoms with E-state index >= 15 is 0 Å². The van der Waals surface area contributed by atoms with Crippen molar-refractivity contribution in [3.63, 3.8) is 0 Å². The maximum atomic E-state index is 12.2. The Morgan fingerprint density at radius 1 is 1.42 bits per heavy atom. The standard InChI is InChI=1S/C13H17N5O/c14-18-7-3-9(4-8-18)13(19)17-11-2-6-16-12-10(11)1-5-15-12/h1-2,5-6,9H,3-4,7-8,14H2,(H2,15,16,17,19). The van der Waals surface area contributed by atoms with Crippen LogP contribution in [0, 0.1) is 5.92 Å². The lowest BCUT2D eigenvalue weighted by atomic mass is 9.97. The maximum absolute atomic E-state index is 12.2. The Balaban J connectivity index is 1.74. The van der Waals surface area contributed by atoms with Gasteiger partial charge in [0.05, 0.1) is 5.69 Å². The molecule has 2 aromatic rings. The molecule has 0 spiro atoms. The Bertz CT molecular complexity index is 585. The number of nitrogens with one attached hydrogen (secondary N) is 2. The summed E-state index contributed by atoms with van der Waals surface area (Å²) in [7, 11) is 0. The molecule has 19 heavy (non-hydrogen) atoms. The van der Waals surface area contributed by atoms with Crippen molar-refractivity contribution in [1.82, 2.24) is 15.0 Å². The van der Waals surface area contributed by atoms with Crippen LogP contribution in [0.1, 0.15) is 12.8 Å². The van der Waals surface area contributed by atoms with Gasteiger partial charge in [-0.25, -0.2) is 9.99 Å². The van der Waals surface area contributed by atoms with E-state index in [0.29, 0.717) is 0 Å². The molecule has 2 aromatic heterocycles. The van der Waals surface area contributed by atoms with E-state index in [-0.39, 0.29) is 11.8 Å². The van der Waals surface area contributed by atoms with E-state index in [1.807, 2.05) is 18.3 Å². The molecule has 1 fully saturated rings. The monoisotopic (exact) mass is 259 g/mol. The molecule has 4 N–H and O–H groups in total. The zero-order chi connectivity index (χ0) is 13.2. The highest BCUT2D eigenvalue weighted by Gasteiger charge is 2.24. The molecule has 0 atom stereocenters. The van der Waals surface area contributed by atoms with Crippen LogP contribution in [0.4, 0.5) is 5.69 Å². The molecule has 0 radical (unpaired) electrons. The second-order valence-electron chi connectivity index (χ2n) is 4.90. The van der Waals surface area contributed by atoms with Gasteiger partial charge in [0.15, 0.2) is 0 Å². The first-order valence-electron chi connectivity index (χ1n) is 6.46. The molecule has 0 aliphatic carbocycles. The summed E-state index contributed by atoms with van der Waals surface area (Å²) in [6, 6.07) is 3.74. The van der Waals surface area contributed by atoms with Crippen LogP contribution in [0.15, 0.2) is 24.5 Å². The largest absolute Gasteiger partial charge is 0.346 e. The Morgan fingerprint density at radius 3 is 3.00 bits per heavy atom. The number of carbonyl (C=O) groups is 1. The van der Waals surface area contributed by atoms with Crippen molar-refractivity contribution in [2.75, 3.05) is 18.4 Å². The zero-order valence-corrected chi connectivity index (χ0v) is 10.6. The number of aromatic amines is 1. The Labute approximate surface area is 111 Å². The Morgan fingerprint density at radius 2 is 2.21 bits per heavy atom. The summed E-state index contributed by atoms with van der Waals surface area (Å²) < 4.78 is 0. The van der Waals surface area contributed by atoms with Gasteiger partial charge in [0.2, 0.25) is 5.91 Å². The van der Waals surface area contributed by atoms with Gasteiger partial charge < -0.3 is 10.3 Å². The number of carbonyl (C=O) groups excluding carboxylic acids is 1. The fraction of sp³-hybridized carbons (Fsp3) is 0.385. The summed E-state index contributed by atoms with van der Waals surface area (Å²) in [5, 5.41) is 5.70. The molecule has 3 rings (SSSR count). The Kier molecular flexibility index (Phi) is 3.18. The van der Waals surface area contributed by atoms with Crippen molar-refractivity contribution in [2.24, 2.45) is 11.8 Å². The molecule has 1 aliphatic rings. The number of anilines is 1. The first-order chi connectivity index (χ1) is 9.24. The molecule has 0 aromatic carbocycles. The van der Waals surface area contributed by atoms with Gasteiger partial charge >= 0.3 is 0 Å². The average Bonchev–Trinajstić information content (AvgIpc) is 2.89. The summed E-state index contributed by atoms with van der Waals surface area (Å²) in [6.45, 7) is 1.54. The van der Waals surface area contributed by atoms with Crippen LogP contribution < -0.4 is 11.2 Å². The van der Waals surface area contributed by atoms with Gasteiger partial charge in [-0.3, -0.25) is 10.6 Å². The summed E-state index contributed by atoms with van der Waals surface area (Å²) in [5.41, 5.74) is 1.60. The second-order valence-corrected chi connectivity index (χ2v) is 4.90. The van der Waals surface area contributed by atoms with Crippen LogP contribution in [-0.4, -0.2) is 34.0 Å². The third-order valence-electron chi connectivity index (χ3n) is 3.62. The molecular weight excluding hydrogens is 242 g/mol. The molecule has 0 saturated carbocycles. The van der Waals surface area contributed by atoms with E-state index in [0.717, 1.165) is 42.7 Å². The average molecular weight is 259 g/mol. The quantitative estimate of drug-likeness (QED) is 0.704. The summed E-state index contributed by atoms with van der Waals surface area (Å²) in [4.78, 5) is 19.5. The second kappa shape index (κ2) is 4.99.